The molecule has 1 rings (SSSR count). The highest BCUT2D eigenvalue weighted by Crippen LogP contribution is 2.26. The van der Waals surface area contributed by atoms with Gasteiger partial charge in [-0.2, -0.15) is 0 Å². The highest BCUT2D eigenvalue weighted by molar-refractivity contribution is 9.10. The first-order valence-corrected chi connectivity index (χ1v) is 7.67. The molecule has 2 N–H and O–H groups in total. The summed E-state index contributed by atoms with van der Waals surface area (Å²) in [6.07, 6.45) is 1.88. The molecule has 3 nitrogen and oxygen atoms in total. The molecule has 0 saturated heterocycles. The molecular weight excluding hydrogens is 328 g/mol. The average molecular weight is 348 g/mol. The maximum Gasteiger partial charge on any atom is 0.242 e. The lowest BCUT2D eigenvalue weighted by atomic mass is 10.1. The molecule has 0 aliphatic heterocycles. The Bertz CT molecular complexity index is 435. The Kier molecular flexibility index (Phi) is 6.66. The Hall–Kier alpha value is -0.740. The van der Waals surface area contributed by atoms with Crippen molar-refractivity contribution in [2.75, 3.05) is 5.32 Å². The van der Waals surface area contributed by atoms with E-state index in [1.165, 1.54) is 0 Å². The van der Waals surface area contributed by atoms with Gasteiger partial charge in [0, 0.05) is 15.5 Å². The second-order valence-corrected chi connectivity index (χ2v) is 5.80. The SMILES string of the molecule is CCC(CC)NC(=O)C(C)Nc1cc(Cl)ccc1Br. The lowest BCUT2D eigenvalue weighted by molar-refractivity contribution is -0.122. The van der Waals surface area contributed by atoms with Crippen LogP contribution in [0.1, 0.15) is 33.6 Å². The summed E-state index contributed by atoms with van der Waals surface area (Å²) in [5, 5.41) is 6.82. The maximum atomic E-state index is 12.0. The van der Waals surface area contributed by atoms with Crippen LogP contribution in [0, 0.1) is 0 Å². The summed E-state index contributed by atoms with van der Waals surface area (Å²) in [5.41, 5.74) is 0.819. The number of amides is 1. The average Bonchev–Trinajstić information content (AvgIpc) is 2.39. The van der Waals surface area contributed by atoms with E-state index in [2.05, 4.69) is 40.4 Å². The summed E-state index contributed by atoms with van der Waals surface area (Å²) in [7, 11) is 0. The Morgan fingerprint density at radius 3 is 2.58 bits per heavy atom. The number of anilines is 1. The summed E-state index contributed by atoms with van der Waals surface area (Å²) >= 11 is 9.38. The molecule has 0 aliphatic carbocycles. The van der Waals surface area contributed by atoms with Gasteiger partial charge in [0.05, 0.1) is 5.69 Å². The Labute approximate surface area is 128 Å². The molecule has 0 fully saturated rings. The van der Waals surface area contributed by atoms with Crippen molar-refractivity contribution >= 4 is 39.1 Å². The molecule has 0 bridgehead atoms. The molecule has 5 heteroatoms. The zero-order chi connectivity index (χ0) is 14.4. The number of hydrogen-bond donors (Lipinski definition) is 2. The van der Waals surface area contributed by atoms with E-state index in [1.807, 2.05) is 13.0 Å². The van der Waals surface area contributed by atoms with Crippen molar-refractivity contribution in [3.05, 3.63) is 27.7 Å². The molecule has 1 aromatic carbocycles. The molecule has 0 heterocycles. The van der Waals surface area contributed by atoms with Gasteiger partial charge in [0.1, 0.15) is 6.04 Å². The van der Waals surface area contributed by atoms with Crippen molar-refractivity contribution in [2.24, 2.45) is 0 Å². The molecule has 1 unspecified atom stereocenters. The second-order valence-electron chi connectivity index (χ2n) is 4.51. The summed E-state index contributed by atoms with van der Waals surface area (Å²) < 4.78 is 0.888. The van der Waals surface area contributed by atoms with Crippen LogP contribution < -0.4 is 10.6 Å². The molecule has 106 valence electrons. The van der Waals surface area contributed by atoms with Gasteiger partial charge in [0.15, 0.2) is 0 Å². The molecule has 1 atom stereocenters. The third kappa shape index (κ3) is 5.03. The van der Waals surface area contributed by atoms with Crippen molar-refractivity contribution in [3.8, 4) is 0 Å². The lowest BCUT2D eigenvalue weighted by Gasteiger charge is -2.20. The van der Waals surface area contributed by atoms with Gasteiger partial charge in [-0.1, -0.05) is 25.4 Å². The van der Waals surface area contributed by atoms with Gasteiger partial charge in [-0.05, 0) is 53.9 Å². The van der Waals surface area contributed by atoms with E-state index >= 15 is 0 Å². The van der Waals surface area contributed by atoms with Gasteiger partial charge in [-0.3, -0.25) is 4.79 Å². The highest BCUT2D eigenvalue weighted by atomic mass is 79.9. The van der Waals surface area contributed by atoms with Crippen molar-refractivity contribution in [2.45, 2.75) is 45.7 Å². The predicted octanol–water partition coefficient (Wildman–Crippen LogP) is 4.21. The predicted molar refractivity (Wildman–Crippen MR) is 84.7 cm³/mol. The number of halogens is 2. The van der Waals surface area contributed by atoms with Crippen LogP contribution >= 0.6 is 27.5 Å². The van der Waals surface area contributed by atoms with Gasteiger partial charge in [-0.15, -0.1) is 0 Å². The standard InChI is InChI=1S/C14H20BrClN2O/c1-4-11(5-2)18-14(19)9(3)17-13-8-10(16)6-7-12(13)15/h6-9,11,17H,4-5H2,1-3H3,(H,18,19). The highest BCUT2D eigenvalue weighted by Gasteiger charge is 2.16. The van der Waals surface area contributed by atoms with E-state index in [0.29, 0.717) is 5.02 Å². The third-order valence-corrected chi connectivity index (χ3v) is 3.95. The largest absolute Gasteiger partial charge is 0.373 e. The number of carbonyl (C=O) groups is 1. The van der Waals surface area contributed by atoms with Crippen molar-refractivity contribution in [3.63, 3.8) is 0 Å². The van der Waals surface area contributed by atoms with Crippen LogP contribution in [0.4, 0.5) is 5.69 Å². The van der Waals surface area contributed by atoms with Crippen molar-refractivity contribution in [1.29, 1.82) is 0 Å². The summed E-state index contributed by atoms with van der Waals surface area (Å²) in [6, 6.07) is 5.38. The topological polar surface area (TPSA) is 41.1 Å². The molecular formula is C14H20BrClN2O. The summed E-state index contributed by atoms with van der Waals surface area (Å²) in [6.45, 7) is 5.98. The minimum atomic E-state index is -0.310. The smallest absolute Gasteiger partial charge is 0.242 e. The minimum absolute atomic E-state index is 0.000533. The minimum Gasteiger partial charge on any atom is -0.373 e. The normalized spacial score (nSPS) is 12.3. The molecule has 19 heavy (non-hydrogen) atoms. The van der Waals surface area contributed by atoms with E-state index in [1.54, 1.807) is 12.1 Å². The van der Waals surface area contributed by atoms with Crippen LogP contribution in [0.25, 0.3) is 0 Å². The van der Waals surface area contributed by atoms with Crippen LogP contribution in [-0.4, -0.2) is 18.0 Å². The van der Waals surface area contributed by atoms with Crippen molar-refractivity contribution < 1.29 is 4.79 Å². The number of hydrogen-bond acceptors (Lipinski definition) is 2. The summed E-state index contributed by atoms with van der Waals surface area (Å²) in [4.78, 5) is 12.0. The Morgan fingerprint density at radius 1 is 1.37 bits per heavy atom. The monoisotopic (exact) mass is 346 g/mol. The number of rotatable bonds is 6. The fourth-order valence-corrected chi connectivity index (χ4v) is 2.26. The number of benzene rings is 1. The first-order valence-electron chi connectivity index (χ1n) is 6.49. The van der Waals surface area contributed by atoms with Gasteiger partial charge < -0.3 is 10.6 Å². The first kappa shape index (κ1) is 16.3. The quantitative estimate of drug-likeness (QED) is 0.809. The number of carbonyl (C=O) groups excluding carboxylic acids is 1. The van der Waals surface area contributed by atoms with Crippen LogP contribution in [0.3, 0.4) is 0 Å². The van der Waals surface area contributed by atoms with Gasteiger partial charge >= 0.3 is 0 Å². The Morgan fingerprint density at radius 2 is 2.00 bits per heavy atom. The molecule has 1 amide bonds. The first-order chi connectivity index (χ1) is 8.97. The molecule has 0 aromatic heterocycles. The lowest BCUT2D eigenvalue weighted by Crippen LogP contribution is -2.42. The molecule has 1 aromatic rings. The summed E-state index contributed by atoms with van der Waals surface area (Å²) in [5.74, 6) is 0.000533. The van der Waals surface area contributed by atoms with Crippen LogP contribution in [0.2, 0.25) is 5.02 Å². The zero-order valence-corrected chi connectivity index (χ0v) is 13.8. The number of nitrogens with one attached hydrogen (secondary N) is 2. The van der Waals surface area contributed by atoms with E-state index in [-0.39, 0.29) is 18.0 Å². The molecule has 0 aliphatic rings. The maximum absolute atomic E-state index is 12.0. The second kappa shape index (κ2) is 7.75. The van der Waals surface area contributed by atoms with E-state index < -0.39 is 0 Å². The molecule has 0 radical (unpaired) electrons. The van der Waals surface area contributed by atoms with Gasteiger partial charge in [-0.25, -0.2) is 0 Å². The van der Waals surface area contributed by atoms with Crippen LogP contribution in [0.5, 0.6) is 0 Å². The molecule has 0 saturated carbocycles. The van der Waals surface area contributed by atoms with E-state index in [9.17, 15) is 4.79 Å². The van der Waals surface area contributed by atoms with Crippen molar-refractivity contribution in [1.82, 2.24) is 5.32 Å². The van der Waals surface area contributed by atoms with Crippen LogP contribution in [0.15, 0.2) is 22.7 Å². The van der Waals surface area contributed by atoms with Gasteiger partial charge in [0.2, 0.25) is 5.91 Å². The van der Waals surface area contributed by atoms with E-state index in [0.717, 1.165) is 23.0 Å². The van der Waals surface area contributed by atoms with Gasteiger partial charge in [0.25, 0.3) is 0 Å². The fraction of sp³-hybridized carbons (Fsp3) is 0.500. The molecule has 0 spiro atoms. The van der Waals surface area contributed by atoms with E-state index in [4.69, 9.17) is 11.6 Å². The Balaban J connectivity index is 2.65. The third-order valence-electron chi connectivity index (χ3n) is 3.03. The fourth-order valence-electron chi connectivity index (χ4n) is 1.73. The van der Waals surface area contributed by atoms with Crippen LogP contribution in [-0.2, 0) is 4.79 Å². The zero-order valence-electron chi connectivity index (χ0n) is 11.5.